The van der Waals surface area contributed by atoms with E-state index in [1.165, 1.54) is 0 Å². The fourth-order valence-corrected chi connectivity index (χ4v) is 2.99. The molecule has 0 saturated carbocycles. The molecule has 2 aromatic carbocycles. The SMILES string of the molecule is COc1cccc(/C=C\c2cc(OC)c(OC)c(OC)c2I)c1. The van der Waals surface area contributed by atoms with Crippen molar-refractivity contribution in [3.05, 3.63) is 45.0 Å². The van der Waals surface area contributed by atoms with E-state index in [0.29, 0.717) is 17.2 Å². The van der Waals surface area contributed by atoms with Crippen molar-refractivity contribution < 1.29 is 18.9 Å². The third kappa shape index (κ3) is 3.90. The largest absolute Gasteiger partial charge is 0.497 e. The molecule has 0 amide bonds. The standard InChI is InChI=1S/C18H19IO4/c1-20-14-7-5-6-12(10-14)8-9-13-11-15(21-2)17(22-3)18(23-4)16(13)19/h5-11H,1-4H3/b9-8-. The zero-order chi connectivity index (χ0) is 16.8. The van der Waals surface area contributed by atoms with Crippen LogP contribution < -0.4 is 18.9 Å². The van der Waals surface area contributed by atoms with Crippen molar-refractivity contribution in [2.45, 2.75) is 0 Å². The second-order valence-electron chi connectivity index (χ2n) is 4.66. The number of hydrogen-bond acceptors (Lipinski definition) is 4. The van der Waals surface area contributed by atoms with Crippen LogP contribution in [0.4, 0.5) is 0 Å². The minimum absolute atomic E-state index is 0.595. The van der Waals surface area contributed by atoms with Crippen LogP contribution >= 0.6 is 22.6 Å². The van der Waals surface area contributed by atoms with Gasteiger partial charge in [0.1, 0.15) is 5.75 Å². The van der Waals surface area contributed by atoms with Gasteiger partial charge in [-0.15, -0.1) is 0 Å². The summed E-state index contributed by atoms with van der Waals surface area (Å²) < 4.78 is 22.5. The molecule has 122 valence electrons. The normalized spacial score (nSPS) is 10.7. The molecule has 0 bridgehead atoms. The van der Waals surface area contributed by atoms with Gasteiger partial charge in [-0.25, -0.2) is 0 Å². The van der Waals surface area contributed by atoms with E-state index in [0.717, 1.165) is 20.4 Å². The molecule has 0 N–H and O–H groups in total. The Balaban J connectivity index is 2.44. The molecule has 0 aliphatic heterocycles. The summed E-state index contributed by atoms with van der Waals surface area (Å²) in [5.74, 6) is 2.72. The molecule has 0 fully saturated rings. The second-order valence-corrected chi connectivity index (χ2v) is 5.74. The molecule has 0 aromatic heterocycles. The van der Waals surface area contributed by atoms with Crippen LogP contribution in [0.25, 0.3) is 12.2 Å². The lowest BCUT2D eigenvalue weighted by molar-refractivity contribution is 0.323. The van der Waals surface area contributed by atoms with Crippen LogP contribution in [0.2, 0.25) is 0 Å². The molecule has 0 heterocycles. The molecule has 2 aromatic rings. The van der Waals surface area contributed by atoms with E-state index in [1.807, 2.05) is 42.5 Å². The Morgan fingerprint density at radius 1 is 0.826 bits per heavy atom. The molecular formula is C18H19IO4. The molecule has 23 heavy (non-hydrogen) atoms. The van der Waals surface area contributed by atoms with Crippen molar-refractivity contribution >= 4 is 34.7 Å². The molecular weight excluding hydrogens is 407 g/mol. The van der Waals surface area contributed by atoms with Gasteiger partial charge in [-0.05, 0) is 51.9 Å². The number of benzene rings is 2. The van der Waals surface area contributed by atoms with Crippen molar-refractivity contribution in [1.29, 1.82) is 0 Å². The number of halogens is 1. The van der Waals surface area contributed by atoms with Crippen LogP contribution in [0.15, 0.2) is 30.3 Å². The number of methoxy groups -OCH3 is 4. The predicted molar refractivity (Wildman–Crippen MR) is 101 cm³/mol. The summed E-state index contributed by atoms with van der Waals surface area (Å²) in [6, 6.07) is 9.80. The third-order valence-corrected chi connectivity index (χ3v) is 4.46. The first kappa shape index (κ1) is 17.5. The lowest BCUT2D eigenvalue weighted by Gasteiger charge is -2.15. The Morgan fingerprint density at radius 3 is 2.17 bits per heavy atom. The van der Waals surface area contributed by atoms with Crippen molar-refractivity contribution in [2.75, 3.05) is 28.4 Å². The topological polar surface area (TPSA) is 36.9 Å². The molecule has 0 radical (unpaired) electrons. The van der Waals surface area contributed by atoms with Crippen LogP contribution in [0.1, 0.15) is 11.1 Å². The van der Waals surface area contributed by atoms with Crippen molar-refractivity contribution in [2.24, 2.45) is 0 Å². The Bertz CT molecular complexity index is 710. The maximum atomic E-state index is 5.47. The Labute approximate surface area is 150 Å². The maximum absolute atomic E-state index is 5.47. The number of ether oxygens (including phenoxy) is 4. The van der Waals surface area contributed by atoms with Crippen molar-refractivity contribution in [1.82, 2.24) is 0 Å². The van der Waals surface area contributed by atoms with Gasteiger partial charge in [0.2, 0.25) is 5.75 Å². The van der Waals surface area contributed by atoms with Gasteiger partial charge in [0.05, 0.1) is 32.0 Å². The number of hydrogen-bond donors (Lipinski definition) is 0. The lowest BCUT2D eigenvalue weighted by Crippen LogP contribution is -1.98. The molecule has 0 spiro atoms. The highest BCUT2D eigenvalue weighted by molar-refractivity contribution is 14.1. The molecule has 0 unspecified atom stereocenters. The van der Waals surface area contributed by atoms with Gasteiger partial charge in [0.15, 0.2) is 11.5 Å². The third-order valence-electron chi connectivity index (χ3n) is 3.35. The van der Waals surface area contributed by atoms with Gasteiger partial charge in [0, 0.05) is 0 Å². The van der Waals surface area contributed by atoms with Gasteiger partial charge in [-0.3, -0.25) is 0 Å². The van der Waals surface area contributed by atoms with Crippen LogP contribution in [-0.4, -0.2) is 28.4 Å². The van der Waals surface area contributed by atoms with Gasteiger partial charge in [-0.2, -0.15) is 0 Å². The highest BCUT2D eigenvalue weighted by Gasteiger charge is 2.17. The summed E-state index contributed by atoms with van der Waals surface area (Å²) in [4.78, 5) is 0. The van der Waals surface area contributed by atoms with Crippen LogP contribution in [-0.2, 0) is 0 Å². The van der Waals surface area contributed by atoms with E-state index < -0.39 is 0 Å². The average molecular weight is 426 g/mol. The minimum atomic E-state index is 0.595. The van der Waals surface area contributed by atoms with Crippen LogP contribution in [0.3, 0.4) is 0 Å². The zero-order valence-corrected chi connectivity index (χ0v) is 15.7. The first-order valence-corrected chi connectivity index (χ1v) is 8.03. The lowest BCUT2D eigenvalue weighted by atomic mass is 10.1. The van der Waals surface area contributed by atoms with E-state index in [1.54, 1.807) is 28.4 Å². The zero-order valence-electron chi connectivity index (χ0n) is 13.6. The second kappa shape index (κ2) is 8.10. The van der Waals surface area contributed by atoms with Crippen LogP contribution in [0, 0.1) is 3.57 Å². The molecule has 5 heteroatoms. The van der Waals surface area contributed by atoms with Gasteiger partial charge < -0.3 is 18.9 Å². The highest BCUT2D eigenvalue weighted by atomic mass is 127. The summed E-state index contributed by atoms with van der Waals surface area (Å²) in [6.07, 6.45) is 4.03. The van der Waals surface area contributed by atoms with E-state index >= 15 is 0 Å². The smallest absolute Gasteiger partial charge is 0.204 e. The Morgan fingerprint density at radius 2 is 1.57 bits per heavy atom. The van der Waals surface area contributed by atoms with Crippen LogP contribution in [0.5, 0.6) is 23.0 Å². The maximum Gasteiger partial charge on any atom is 0.204 e. The first-order valence-electron chi connectivity index (χ1n) is 6.95. The minimum Gasteiger partial charge on any atom is -0.497 e. The molecule has 2 rings (SSSR count). The van der Waals surface area contributed by atoms with E-state index in [-0.39, 0.29) is 0 Å². The Hall–Kier alpha value is -1.89. The molecule has 0 aliphatic rings. The predicted octanol–water partition coefficient (Wildman–Crippen LogP) is 4.50. The molecule has 4 nitrogen and oxygen atoms in total. The fourth-order valence-electron chi connectivity index (χ4n) is 2.19. The van der Waals surface area contributed by atoms with Gasteiger partial charge in [-0.1, -0.05) is 24.3 Å². The molecule has 0 aliphatic carbocycles. The Kier molecular flexibility index (Phi) is 6.15. The summed E-state index contributed by atoms with van der Waals surface area (Å²) >= 11 is 2.24. The van der Waals surface area contributed by atoms with Crippen molar-refractivity contribution in [3.63, 3.8) is 0 Å². The monoisotopic (exact) mass is 426 g/mol. The van der Waals surface area contributed by atoms with E-state index in [9.17, 15) is 0 Å². The summed E-state index contributed by atoms with van der Waals surface area (Å²) in [5, 5.41) is 0. The quantitative estimate of drug-likeness (QED) is 0.504. The average Bonchev–Trinajstić information content (AvgIpc) is 2.60. The highest BCUT2D eigenvalue weighted by Crippen LogP contribution is 2.43. The van der Waals surface area contributed by atoms with Gasteiger partial charge >= 0.3 is 0 Å². The molecule has 0 saturated heterocycles. The number of rotatable bonds is 6. The fraction of sp³-hybridized carbons (Fsp3) is 0.222. The van der Waals surface area contributed by atoms with Crippen molar-refractivity contribution in [3.8, 4) is 23.0 Å². The summed E-state index contributed by atoms with van der Waals surface area (Å²) in [6.45, 7) is 0. The summed E-state index contributed by atoms with van der Waals surface area (Å²) in [7, 11) is 6.49. The van der Waals surface area contributed by atoms with E-state index in [4.69, 9.17) is 18.9 Å². The summed E-state index contributed by atoms with van der Waals surface area (Å²) in [5.41, 5.74) is 2.04. The first-order chi connectivity index (χ1) is 11.1. The van der Waals surface area contributed by atoms with Gasteiger partial charge in [0.25, 0.3) is 0 Å². The van der Waals surface area contributed by atoms with E-state index in [2.05, 4.69) is 22.6 Å². The molecule has 0 atom stereocenters.